The maximum Gasteiger partial charge on any atom is 0.257 e. The van der Waals surface area contributed by atoms with Gasteiger partial charge in [0.25, 0.3) is 5.91 Å². The van der Waals surface area contributed by atoms with Crippen molar-refractivity contribution in [1.82, 2.24) is 4.90 Å². The van der Waals surface area contributed by atoms with Crippen LogP contribution in [0, 0.1) is 5.82 Å². The molecule has 1 amide bonds. The van der Waals surface area contributed by atoms with Crippen LogP contribution in [0.1, 0.15) is 15.9 Å². The van der Waals surface area contributed by atoms with Crippen LogP contribution in [0.2, 0.25) is 0 Å². The van der Waals surface area contributed by atoms with Crippen LogP contribution in [0.4, 0.5) is 4.39 Å². The molecule has 1 fully saturated rings. The van der Waals surface area contributed by atoms with Gasteiger partial charge < -0.3 is 9.80 Å². The number of carbonyl (C=O) groups excluding carboxylic acids is 1. The number of benzene rings is 1. The molecule has 2 N–H and O–H groups in total. The molecule has 3 rings (SSSR count). The van der Waals surface area contributed by atoms with E-state index < -0.39 is 5.82 Å². The number of quaternary nitrogens is 1. The van der Waals surface area contributed by atoms with Gasteiger partial charge in [-0.25, -0.2) is 9.37 Å². The molecule has 2 heterocycles. The zero-order valence-electron chi connectivity index (χ0n) is 12.4. The first-order chi connectivity index (χ1) is 10.7. The number of hydrogen-bond donors (Lipinski definition) is 1. The lowest BCUT2D eigenvalue weighted by Gasteiger charge is -2.32. The van der Waals surface area contributed by atoms with E-state index >= 15 is 0 Å². The van der Waals surface area contributed by atoms with Crippen molar-refractivity contribution >= 4 is 5.91 Å². The van der Waals surface area contributed by atoms with Gasteiger partial charge >= 0.3 is 0 Å². The molecule has 0 bridgehead atoms. The van der Waals surface area contributed by atoms with Crippen LogP contribution >= 0.6 is 0 Å². The standard InChI is InChI=1S/C17H18FN3O/c18-16-4-2-1-3-15(16)17(22)21-11-9-20(10-12-21)13-14-5-7-19-8-6-14/h1-8H,9-13H2/p+2. The summed E-state index contributed by atoms with van der Waals surface area (Å²) in [4.78, 5) is 18.6. The van der Waals surface area contributed by atoms with Gasteiger partial charge in [-0.3, -0.25) is 4.79 Å². The van der Waals surface area contributed by atoms with Crippen molar-refractivity contribution in [2.45, 2.75) is 6.54 Å². The molecule has 1 aliphatic rings. The Labute approximate surface area is 129 Å². The number of aromatic amines is 1. The Bertz CT molecular complexity index is 639. The first kappa shape index (κ1) is 14.7. The molecule has 4 nitrogen and oxygen atoms in total. The van der Waals surface area contributed by atoms with Gasteiger partial charge in [-0.05, 0) is 12.1 Å². The Morgan fingerprint density at radius 2 is 1.82 bits per heavy atom. The van der Waals surface area contributed by atoms with E-state index in [0.29, 0.717) is 13.1 Å². The fourth-order valence-electron chi connectivity index (χ4n) is 2.84. The summed E-state index contributed by atoms with van der Waals surface area (Å²) in [5.74, 6) is -0.644. The van der Waals surface area contributed by atoms with Crippen LogP contribution in [-0.4, -0.2) is 37.0 Å². The number of amides is 1. The lowest BCUT2D eigenvalue weighted by atomic mass is 10.1. The number of piperazine rings is 1. The van der Waals surface area contributed by atoms with Gasteiger partial charge in [-0.15, -0.1) is 0 Å². The Balaban J connectivity index is 1.58. The lowest BCUT2D eigenvalue weighted by Crippen LogP contribution is -3.13. The normalized spacial score (nSPS) is 15.8. The van der Waals surface area contributed by atoms with E-state index in [0.717, 1.165) is 19.6 Å². The minimum absolute atomic E-state index is 0.171. The number of hydrogen-bond acceptors (Lipinski definition) is 1. The highest BCUT2D eigenvalue weighted by atomic mass is 19.1. The van der Waals surface area contributed by atoms with Crippen LogP contribution in [0.5, 0.6) is 0 Å². The van der Waals surface area contributed by atoms with Crippen LogP contribution in [-0.2, 0) is 6.54 Å². The Morgan fingerprint density at radius 1 is 1.14 bits per heavy atom. The molecule has 22 heavy (non-hydrogen) atoms. The number of halogens is 1. The molecule has 1 saturated heterocycles. The van der Waals surface area contributed by atoms with Crippen LogP contribution in [0.25, 0.3) is 0 Å². The van der Waals surface area contributed by atoms with Gasteiger partial charge in [0.15, 0.2) is 12.4 Å². The zero-order valence-corrected chi connectivity index (χ0v) is 12.4. The average Bonchev–Trinajstić information content (AvgIpc) is 2.56. The zero-order chi connectivity index (χ0) is 15.4. The molecule has 5 heteroatoms. The third-order valence-electron chi connectivity index (χ3n) is 4.10. The smallest absolute Gasteiger partial charge is 0.257 e. The maximum absolute atomic E-state index is 13.7. The van der Waals surface area contributed by atoms with E-state index in [1.54, 1.807) is 23.1 Å². The van der Waals surface area contributed by atoms with Crippen LogP contribution < -0.4 is 9.88 Å². The molecule has 0 saturated carbocycles. The van der Waals surface area contributed by atoms with Gasteiger partial charge in [-0.2, -0.15) is 0 Å². The molecule has 2 aromatic rings. The Morgan fingerprint density at radius 3 is 2.50 bits per heavy atom. The third kappa shape index (κ3) is 3.31. The summed E-state index contributed by atoms with van der Waals surface area (Å²) in [5, 5.41) is 0. The summed E-state index contributed by atoms with van der Waals surface area (Å²) < 4.78 is 13.7. The summed E-state index contributed by atoms with van der Waals surface area (Å²) in [6, 6.07) is 10.3. The predicted octanol–water partition coefficient (Wildman–Crippen LogP) is 0.181. The van der Waals surface area contributed by atoms with E-state index in [9.17, 15) is 9.18 Å². The number of H-pyrrole nitrogens is 1. The van der Waals surface area contributed by atoms with Gasteiger partial charge in [-0.1, -0.05) is 12.1 Å². The van der Waals surface area contributed by atoms with Crippen molar-refractivity contribution < 1.29 is 19.1 Å². The molecular formula is C17H20FN3O+2. The fraction of sp³-hybridized carbons (Fsp3) is 0.294. The highest BCUT2D eigenvalue weighted by molar-refractivity contribution is 5.94. The monoisotopic (exact) mass is 301 g/mol. The third-order valence-corrected chi connectivity index (χ3v) is 4.10. The molecule has 0 atom stereocenters. The molecule has 114 valence electrons. The lowest BCUT2D eigenvalue weighted by molar-refractivity contribution is -0.917. The van der Waals surface area contributed by atoms with Crippen molar-refractivity contribution in [3.8, 4) is 0 Å². The number of nitrogens with zero attached hydrogens (tertiary/aromatic N) is 1. The minimum Gasteiger partial charge on any atom is -0.328 e. The molecule has 0 unspecified atom stereocenters. The summed E-state index contributed by atoms with van der Waals surface area (Å²) in [6.07, 6.45) is 3.85. The highest BCUT2D eigenvalue weighted by Crippen LogP contribution is 2.10. The maximum atomic E-state index is 13.7. The van der Waals surface area contributed by atoms with E-state index in [2.05, 4.69) is 17.1 Å². The SMILES string of the molecule is O=C(c1ccccc1F)N1CC[NH+](Cc2cc[nH+]cc2)CC1. The quantitative estimate of drug-likeness (QED) is 0.863. The van der Waals surface area contributed by atoms with E-state index in [4.69, 9.17) is 0 Å². The summed E-state index contributed by atoms with van der Waals surface area (Å²) in [7, 11) is 0. The van der Waals surface area contributed by atoms with Crippen molar-refractivity contribution in [2.75, 3.05) is 26.2 Å². The molecule has 0 aliphatic carbocycles. The molecule has 1 aliphatic heterocycles. The van der Waals surface area contributed by atoms with E-state index in [1.807, 2.05) is 12.4 Å². The van der Waals surface area contributed by atoms with Crippen molar-refractivity contribution in [2.24, 2.45) is 0 Å². The average molecular weight is 301 g/mol. The summed E-state index contributed by atoms with van der Waals surface area (Å²) >= 11 is 0. The molecule has 0 radical (unpaired) electrons. The highest BCUT2D eigenvalue weighted by Gasteiger charge is 2.25. The van der Waals surface area contributed by atoms with E-state index in [1.165, 1.54) is 16.5 Å². The molecule has 1 aromatic heterocycles. The van der Waals surface area contributed by atoms with Gasteiger partial charge in [0.2, 0.25) is 0 Å². The van der Waals surface area contributed by atoms with Crippen molar-refractivity contribution in [1.29, 1.82) is 0 Å². The van der Waals surface area contributed by atoms with Gasteiger partial charge in [0.05, 0.1) is 31.7 Å². The number of nitrogens with one attached hydrogen (secondary N) is 2. The predicted molar refractivity (Wildman–Crippen MR) is 79.7 cm³/mol. The number of aromatic nitrogens is 1. The largest absolute Gasteiger partial charge is 0.328 e. The second-order valence-corrected chi connectivity index (χ2v) is 5.61. The topological polar surface area (TPSA) is 38.9 Å². The first-order valence-electron chi connectivity index (χ1n) is 7.56. The Hall–Kier alpha value is -2.27. The summed E-state index contributed by atoms with van der Waals surface area (Å²) in [6.45, 7) is 4.07. The van der Waals surface area contributed by atoms with Gasteiger partial charge in [0.1, 0.15) is 12.4 Å². The second kappa shape index (κ2) is 6.66. The van der Waals surface area contributed by atoms with E-state index in [-0.39, 0.29) is 11.5 Å². The second-order valence-electron chi connectivity index (χ2n) is 5.61. The molecule has 1 aromatic carbocycles. The Kier molecular flexibility index (Phi) is 4.44. The van der Waals surface area contributed by atoms with Crippen molar-refractivity contribution in [3.63, 3.8) is 0 Å². The number of rotatable bonds is 3. The number of pyridine rings is 1. The number of carbonyl (C=O) groups is 1. The molecule has 0 spiro atoms. The van der Waals surface area contributed by atoms with Crippen molar-refractivity contribution in [3.05, 3.63) is 65.7 Å². The fourth-order valence-corrected chi connectivity index (χ4v) is 2.84. The minimum atomic E-state index is -0.442. The first-order valence-corrected chi connectivity index (χ1v) is 7.56. The molecular weight excluding hydrogens is 281 g/mol. The van der Waals surface area contributed by atoms with Crippen LogP contribution in [0.3, 0.4) is 0 Å². The summed E-state index contributed by atoms with van der Waals surface area (Å²) in [5.41, 5.74) is 1.45. The van der Waals surface area contributed by atoms with Crippen LogP contribution in [0.15, 0.2) is 48.8 Å². The van der Waals surface area contributed by atoms with Gasteiger partial charge in [0, 0.05) is 17.7 Å².